The van der Waals surface area contributed by atoms with Crippen molar-refractivity contribution in [3.8, 4) is 16.9 Å². The monoisotopic (exact) mass is 492 g/mol. The lowest BCUT2D eigenvalue weighted by molar-refractivity contribution is 0.281. The van der Waals surface area contributed by atoms with Gasteiger partial charge in [0.25, 0.3) is 0 Å². The molecule has 1 aliphatic heterocycles. The van der Waals surface area contributed by atoms with Gasteiger partial charge < -0.3 is 9.15 Å². The Bertz CT molecular complexity index is 1360. The van der Waals surface area contributed by atoms with Crippen LogP contribution in [0.4, 0.5) is 13.2 Å². The molecule has 34 heavy (non-hydrogen) atoms. The molecule has 0 saturated heterocycles. The van der Waals surface area contributed by atoms with E-state index >= 15 is 0 Å². The summed E-state index contributed by atoms with van der Waals surface area (Å²) < 4.78 is 81.8. The average Bonchev–Trinajstić information content (AvgIpc) is 3.44. The van der Waals surface area contributed by atoms with Gasteiger partial charge in [0.05, 0.1) is 11.2 Å². The van der Waals surface area contributed by atoms with E-state index in [1.165, 1.54) is 18.4 Å². The van der Waals surface area contributed by atoms with Gasteiger partial charge in [-0.05, 0) is 62.4 Å². The summed E-state index contributed by atoms with van der Waals surface area (Å²) in [6, 6.07) is 6.43. The van der Waals surface area contributed by atoms with Gasteiger partial charge in [0.2, 0.25) is 21.7 Å². The van der Waals surface area contributed by atoms with Gasteiger partial charge in [0.1, 0.15) is 24.4 Å². The van der Waals surface area contributed by atoms with E-state index in [-0.39, 0.29) is 29.5 Å². The molecular formula is C24H23F3N2O4S. The number of rotatable bonds is 3. The number of hydrogen-bond donors (Lipinski definition) is 1. The van der Waals surface area contributed by atoms with Crippen molar-refractivity contribution < 1.29 is 30.7 Å². The molecule has 6 nitrogen and oxygen atoms in total. The molecule has 0 unspecified atom stereocenters. The van der Waals surface area contributed by atoms with E-state index < -0.39 is 38.6 Å². The first-order chi connectivity index (χ1) is 16.2. The Balaban J connectivity index is 1.61. The molecule has 1 aliphatic carbocycles. The van der Waals surface area contributed by atoms with Gasteiger partial charge in [0.15, 0.2) is 11.6 Å². The highest BCUT2D eigenvalue weighted by atomic mass is 32.2. The highest BCUT2D eigenvalue weighted by Crippen LogP contribution is 2.45. The number of fused-ring (bicyclic) bond motifs is 7. The fourth-order valence-electron chi connectivity index (χ4n) is 4.92. The molecule has 2 atom stereocenters. The minimum atomic E-state index is -3.39. The van der Waals surface area contributed by atoms with Crippen LogP contribution in [0.3, 0.4) is 0 Å². The maximum absolute atomic E-state index is 14.9. The summed E-state index contributed by atoms with van der Waals surface area (Å²) in [5.41, 5.74) is 0.659. The topological polar surface area (TPSA) is 81.4 Å². The van der Waals surface area contributed by atoms with E-state index in [1.807, 2.05) is 0 Å². The minimum absolute atomic E-state index is 0.0190. The van der Waals surface area contributed by atoms with Crippen LogP contribution in [0.1, 0.15) is 43.3 Å². The van der Waals surface area contributed by atoms with E-state index in [0.717, 1.165) is 11.6 Å². The molecule has 0 amide bonds. The van der Waals surface area contributed by atoms with Crippen molar-refractivity contribution in [1.29, 1.82) is 0 Å². The summed E-state index contributed by atoms with van der Waals surface area (Å²) in [7, 11) is -3.39. The molecule has 4 bridgehead atoms. The molecule has 1 fully saturated rings. The van der Waals surface area contributed by atoms with Crippen LogP contribution in [0.15, 0.2) is 41.0 Å². The van der Waals surface area contributed by atoms with Crippen molar-refractivity contribution in [1.82, 2.24) is 9.71 Å². The summed E-state index contributed by atoms with van der Waals surface area (Å²) in [5, 5.41) is 0. The molecule has 2 aliphatic rings. The van der Waals surface area contributed by atoms with Crippen LogP contribution in [-0.2, 0) is 28.5 Å². The summed E-state index contributed by atoms with van der Waals surface area (Å²) in [6.07, 6.45) is 3.45. The summed E-state index contributed by atoms with van der Waals surface area (Å²) in [4.78, 5) is 4.55. The number of halogens is 3. The number of hydrogen-bond acceptors (Lipinski definition) is 5. The number of benzene rings is 2. The van der Waals surface area contributed by atoms with E-state index in [0.29, 0.717) is 37.3 Å². The van der Waals surface area contributed by atoms with E-state index in [9.17, 15) is 21.6 Å². The van der Waals surface area contributed by atoms with Crippen LogP contribution in [0.5, 0.6) is 5.75 Å². The number of ether oxygens (including phenoxy) is 1. The maximum Gasteiger partial charge on any atom is 0.211 e. The van der Waals surface area contributed by atoms with Crippen molar-refractivity contribution in [2.45, 2.75) is 50.7 Å². The van der Waals surface area contributed by atoms with Crippen LogP contribution in [-0.4, -0.2) is 25.2 Å². The molecule has 1 spiro atoms. The lowest BCUT2D eigenvalue weighted by Gasteiger charge is -2.27. The molecule has 10 heteroatoms. The van der Waals surface area contributed by atoms with Gasteiger partial charge in [-0.25, -0.2) is 26.9 Å². The molecule has 180 valence electrons. The SMILES string of the molecule is CCS(=O)(=O)N[C@H]1CC[C@@]2(Cc3ccc(F)c(c3)-c3ccc(F)c(F)c3OCc3coc2n3)C1. The van der Waals surface area contributed by atoms with Crippen LogP contribution in [0.2, 0.25) is 0 Å². The Morgan fingerprint density at radius 2 is 1.94 bits per heavy atom. The molecule has 2 aromatic carbocycles. The summed E-state index contributed by atoms with van der Waals surface area (Å²) in [5.74, 6) is -2.91. The summed E-state index contributed by atoms with van der Waals surface area (Å²) >= 11 is 0. The Labute approximate surface area is 195 Å². The maximum atomic E-state index is 14.9. The van der Waals surface area contributed by atoms with Crippen LogP contribution >= 0.6 is 0 Å². The number of nitrogens with one attached hydrogen (secondary N) is 1. The number of nitrogens with zero attached hydrogens (tertiary/aromatic N) is 1. The second kappa shape index (κ2) is 8.42. The Kier molecular flexibility index (Phi) is 5.68. The molecule has 1 aromatic heterocycles. The zero-order valence-electron chi connectivity index (χ0n) is 18.4. The molecule has 5 rings (SSSR count). The smallest absolute Gasteiger partial charge is 0.211 e. The van der Waals surface area contributed by atoms with Crippen molar-refractivity contribution in [3.63, 3.8) is 0 Å². The number of aromatic nitrogens is 1. The van der Waals surface area contributed by atoms with Gasteiger partial charge in [-0.2, -0.15) is 4.39 Å². The average molecular weight is 493 g/mol. The lowest BCUT2D eigenvalue weighted by Crippen LogP contribution is -2.36. The second-order valence-corrected chi connectivity index (χ2v) is 10.9. The van der Waals surface area contributed by atoms with Crippen molar-refractivity contribution in [2.75, 3.05) is 5.75 Å². The van der Waals surface area contributed by atoms with Crippen molar-refractivity contribution in [2.24, 2.45) is 0 Å². The highest BCUT2D eigenvalue weighted by Gasteiger charge is 2.45. The van der Waals surface area contributed by atoms with E-state index in [1.54, 1.807) is 19.1 Å². The Hall–Kier alpha value is -2.85. The van der Waals surface area contributed by atoms with Gasteiger partial charge in [-0.15, -0.1) is 0 Å². The minimum Gasteiger partial charge on any atom is -0.483 e. The predicted molar refractivity (Wildman–Crippen MR) is 118 cm³/mol. The van der Waals surface area contributed by atoms with Crippen LogP contribution < -0.4 is 9.46 Å². The summed E-state index contributed by atoms with van der Waals surface area (Å²) in [6.45, 7) is 1.37. The first-order valence-corrected chi connectivity index (χ1v) is 12.7. The largest absolute Gasteiger partial charge is 0.483 e. The third-order valence-electron chi connectivity index (χ3n) is 6.62. The molecule has 0 radical (unpaired) electrons. The van der Waals surface area contributed by atoms with Crippen LogP contribution in [0.25, 0.3) is 11.1 Å². The Morgan fingerprint density at radius 3 is 2.74 bits per heavy atom. The standard InChI is InChI=1S/C24H23F3N2O4S/c1-2-34(30,31)29-15-7-8-24(11-15)10-14-3-5-19(25)18(9-14)17-4-6-20(26)21(27)22(17)32-12-16-13-33-23(24)28-16/h3-6,9,13,15,29H,2,7-8,10-12H2,1H3/t15-,24+/m0/s1. The van der Waals surface area contributed by atoms with Gasteiger partial charge in [0, 0.05) is 17.2 Å². The molecular weight excluding hydrogens is 469 g/mol. The van der Waals surface area contributed by atoms with Crippen molar-refractivity contribution in [3.05, 3.63) is 71.2 Å². The number of sulfonamides is 1. The molecule has 3 aromatic rings. The fraction of sp³-hybridized carbons (Fsp3) is 0.375. The quantitative estimate of drug-likeness (QED) is 0.577. The van der Waals surface area contributed by atoms with Gasteiger partial charge in [-0.3, -0.25) is 0 Å². The molecule has 1 N–H and O–H groups in total. The predicted octanol–water partition coefficient (Wildman–Crippen LogP) is 4.62. The first-order valence-electron chi connectivity index (χ1n) is 11.0. The zero-order chi connectivity index (χ0) is 24.1. The molecule has 2 heterocycles. The third kappa shape index (κ3) is 4.09. The van der Waals surface area contributed by atoms with E-state index in [2.05, 4.69) is 9.71 Å². The van der Waals surface area contributed by atoms with Crippen LogP contribution in [0, 0.1) is 17.5 Å². The van der Waals surface area contributed by atoms with Crippen molar-refractivity contribution >= 4 is 10.0 Å². The normalized spacial score (nSPS) is 22.1. The number of oxazole rings is 1. The molecule has 1 saturated carbocycles. The van der Waals surface area contributed by atoms with Gasteiger partial charge >= 0.3 is 0 Å². The lowest BCUT2D eigenvalue weighted by atomic mass is 9.79. The highest BCUT2D eigenvalue weighted by molar-refractivity contribution is 7.89. The Morgan fingerprint density at radius 1 is 1.15 bits per heavy atom. The first kappa shape index (κ1) is 22.9. The second-order valence-electron chi connectivity index (χ2n) is 8.90. The zero-order valence-corrected chi connectivity index (χ0v) is 19.2. The fourth-order valence-corrected chi connectivity index (χ4v) is 5.80. The van der Waals surface area contributed by atoms with E-state index in [4.69, 9.17) is 9.15 Å². The van der Waals surface area contributed by atoms with Gasteiger partial charge in [-0.1, -0.05) is 6.07 Å². The third-order valence-corrected chi connectivity index (χ3v) is 8.07.